The number of hydrogen-bond acceptors (Lipinski definition) is 6. The first-order valence-electron chi connectivity index (χ1n) is 8.51. The molecule has 0 fully saturated rings. The van der Waals surface area contributed by atoms with Gasteiger partial charge in [0.25, 0.3) is 10.0 Å². The maximum atomic E-state index is 12.9. The molecular formula is C18H18Cl2N4O3S2. The first-order chi connectivity index (χ1) is 13.9. The number of benzene rings is 2. The highest BCUT2D eigenvalue weighted by molar-refractivity contribution is 7.98. The lowest BCUT2D eigenvalue weighted by Gasteiger charge is -2.12. The van der Waals surface area contributed by atoms with Crippen molar-refractivity contribution in [2.75, 3.05) is 11.8 Å². The van der Waals surface area contributed by atoms with Gasteiger partial charge in [-0.05, 0) is 36.8 Å². The summed E-state index contributed by atoms with van der Waals surface area (Å²) in [6, 6.07) is 11.9. The summed E-state index contributed by atoms with van der Waals surface area (Å²) in [4.78, 5) is -0.0802. The second-order valence-corrected chi connectivity index (χ2v) is 9.27. The fourth-order valence-corrected chi connectivity index (χ4v) is 5.27. The molecule has 0 aliphatic heterocycles. The first kappa shape index (κ1) is 21.8. The molecule has 11 heteroatoms. The Balaban J connectivity index is 1.85. The zero-order valence-corrected chi connectivity index (χ0v) is 18.7. The van der Waals surface area contributed by atoms with Crippen LogP contribution in [0.25, 0.3) is 0 Å². The Morgan fingerprint density at radius 3 is 2.62 bits per heavy atom. The van der Waals surface area contributed by atoms with Crippen molar-refractivity contribution in [3.8, 4) is 5.75 Å². The number of sulfonamides is 1. The number of aromatic nitrogens is 3. The van der Waals surface area contributed by atoms with Crippen molar-refractivity contribution >= 4 is 50.9 Å². The van der Waals surface area contributed by atoms with Gasteiger partial charge in [-0.3, -0.25) is 4.57 Å². The number of methoxy groups -OCH3 is 1. The fourth-order valence-electron chi connectivity index (χ4n) is 2.55. The number of ether oxygens (including phenoxy) is 1. The van der Waals surface area contributed by atoms with E-state index in [-0.39, 0.29) is 21.6 Å². The number of nitrogens with one attached hydrogen (secondary N) is 1. The van der Waals surface area contributed by atoms with E-state index in [1.54, 1.807) is 10.6 Å². The molecule has 0 spiro atoms. The average molecular weight is 473 g/mol. The number of rotatable bonds is 8. The molecular weight excluding hydrogens is 455 g/mol. The highest BCUT2D eigenvalue weighted by atomic mass is 35.5. The maximum Gasteiger partial charge on any atom is 0.267 e. The van der Waals surface area contributed by atoms with E-state index in [4.69, 9.17) is 27.9 Å². The Bertz CT molecular complexity index is 1120. The minimum absolute atomic E-state index is 0.0802. The van der Waals surface area contributed by atoms with Crippen molar-refractivity contribution in [2.45, 2.75) is 29.3 Å². The molecule has 29 heavy (non-hydrogen) atoms. The molecule has 1 aromatic heterocycles. The Morgan fingerprint density at radius 1 is 1.17 bits per heavy atom. The van der Waals surface area contributed by atoms with Gasteiger partial charge in [0.2, 0.25) is 5.95 Å². The number of halogens is 2. The number of hydrogen-bond donors (Lipinski definition) is 1. The fraction of sp³-hybridized carbons (Fsp3) is 0.222. The molecule has 0 radical (unpaired) electrons. The molecule has 3 aromatic rings. The molecule has 154 valence electrons. The van der Waals surface area contributed by atoms with Crippen molar-refractivity contribution in [3.05, 3.63) is 58.1 Å². The smallest absolute Gasteiger partial charge is 0.267 e. The third-order valence-corrected chi connectivity index (χ3v) is 6.96. The average Bonchev–Trinajstić information content (AvgIpc) is 3.08. The van der Waals surface area contributed by atoms with Crippen molar-refractivity contribution in [1.29, 1.82) is 0 Å². The van der Waals surface area contributed by atoms with Gasteiger partial charge in [-0.1, -0.05) is 53.2 Å². The summed E-state index contributed by atoms with van der Waals surface area (Å²) in [6.45, 7) is 2.35. The van der Waals surface area contributed by atoms with Crippen LogP contribution in [0, 0.1) is 0 Å². The zero-order chi connectivity index (χ0) is 21.0. The molecule has 0 bridgehead atoms. The molecule has 0 atom stereocenters. The molecule has 1 N–H and O–H groups in total. The third-order valence-electron chi connectivity index (χ3n) is 3.99. The van der Waals surface area contributed by atoms with Crippen LogP contribution in [0.5, 0.6) is 5.75 Å². The second kappa shape index (κ2) is 9.25. The van der Waals surface area contributed by atoms with Gasteiger partial charge < -0.3 is 4.74 Å². The van der Waals surface area contributed by atoms with Gasteiger partial charge in [0.1, 0.15) is 10.6 Å². The molecule has 3 rings (SSSR count). The summed E-state index contributed by atoms with van der Waals surface area (Å²) in [5.41, 5.74) is 0.954. The quantitative estimate of drug-likeness (QED) is 0.477. The van der Waals surface area contributed by atoms with Crippen LogP contribution in [0.3, 0.4) is 0 Å². The summed E-state index contributed by atoms with van der Waals surface area (Å²) in [5.74, 6) is 0.862. The largest absolute Gasteiger partial charge is 0.495 e. The molecule has 0 aliphatic carbocycles. The van der Waals surface area contributed by atoms with E-state index in [0.717, 1.165) is 5.56 Å². The second-order valence-electron chi connectivity index (χ2n) is 5.83. The lowest BCUT2D eigenvalue weighted by atomic mass is 10.2. The van der Waals surface area contributed by atoms with E-state index >= 15 is 0 Å². The van der Waals surface area contributed by atoms with Crippen molar-refractivity contribution < 1.29 is 13.2 Å². The normalized spacial score (nSPS) is 11.4. The molecule has 0 aliphatic rings. The van der Waals surface area contributed by atoms with Crippen LogP contribution in [0.15, 0.2) is 52.5 Å². The summed E-state index contributed by atoms with van der Waals surface area (Å²) in [7, 11) is -2.60. The molecule has 0 amide bonds. The van der Waals surface area contributed by atoms with Gasteiger partial charge >= 0.3 is 0 Å². The highest BCUT2D eigenvalue weighted by Crippen LogP contribution is 2.30. The Morgan fingerprint density at radius 2 is 1.93 bits per heavy atom. The molecule has 0 saturated heterocycles. The Labute approximate surface area is 183 Å². The number of thioether (sulfide) groups is 1. The van der Waals surface area contributed by atoms with Crippen molar-refractivity contribution in [2.24, 2.45) is 0 Å². The zero-order valence-electron chi connectivity index (χ0n) is 15.6. The Kier molecular flexibility index (Phi) is 6.94. The third kappa shape index (κ3) is 4.98. The van der Waals surface area contributed by atoms with Crippen molar-refractivity contribution in [1.82, 2.24) is 14.8 Å². The van der Waals surface area contributed by atoms with E-state index in [1.165, 1.54) is 31.0 Å². The minimum atomic E-state index is -3.98. The van der Waals surface area contributed by atoms with Crippen LogP contribution in [0.1, 0.15) is 12.5 Å². The van der Waals surface area contributed by atoms with Crippen LogP contribution in [-0.4, -0.2) is 30.3 Å². The monoisotopic (exact) mass is 472 g/mol. The van der Waals surface area contributed by atoms with Crippen molar-refractivity contribution in [3.63, 3.8) is 0 Å². The SMILES string of the molecule is CCn1c(NS(=O)(=O)c2cc(Cl)ccc2OC)nnc1SCc1ccccc1Cl. The minimum Gasteiger partial charge on any atom is -0.495 e. The molecule has 7 nitrogen and oxygen atoms in total. The topological polar surface area (TPSA) is 86.1 Å². The number of nitrogens with zero attached hydrogens (tertiary/aromatic N) is 3. The lowest BCUT2D eigenvalue weighted by molar-refractivity contribution is 0.403. The van der Waals surface area contributed by atoms with E-state index in [0.29, 0.717) is 22.5 Å². The highest BCUT2D eigenvalue weighted by Gasteiger charge is 2.23. The van der Waals surface area contributed by atoms with Gasteiger partial charge in [-0.2, -0.15) is 0 Å². The standard InChI is InChI=1S/C18H18Cl2N4O3S2/c1-3-24-17(21-22-18(24)28-11-12-6-4-5-7-14(12)20)23-29(25,26)16-10-13(19)8-9-15(16)27-2/h4-10H,3,11H2,1-2H3,(H,21,23). The van der Waals surface area contributed by atoms with E-state index in [1.807, 2.05) is 31.2 Å². The maximum absolute atomic E-state index is 12.9. The van der Waals surface area contributed by atoms with Crippen LogP contribution >= 0.6 is 35.0 Å². The predicted octanol–water partition coefficient (Wildman–Crippen LogP) is 4.71. The lowest BCUT2D eigenvalue weighted by Crippen LogP contribution is -2.17. The van der Waals surface area contributed by atoms with Gasteiger partial charge in [-0.15, -0.1) is 10.2 Å². The van der Waals surface area contributed by atoms with Crippen LogP contribution in [0.4, 0.5) is 5.95 Å². The number of anilines is 1. The van der Waals surface area contributed by atoms with Crippen LogP contribution in [0.2, 0.25) is 10.0 Å². The van der Waals surface area contributed by atoms with E-state index in [2.05, 4.69) is 14.9 Å². The first-order valence-corrected chi connectivity index (χ1v) is 11.7. The molecule has 0 saturated carbocycles. The molecule has 2 aromatic carbocycles. The van der Waals surface area contributed by atoms with E-state index in [9.17, 15) is 8.42 Å². The van der Waals surface area contributed by atoms with Crippen LogP contribution < -0.4 is 9.46 Å². The Hall–Kier alpha value is -1.94. The summed E-state index contributed by atoms with van der Waals surface area (Å²) >= 11 is 13.6. The predicted molar refractivity (Wildman–Crippen MR) is 116 cm³/mol. The summed E-state index contributed by atoms with van der Waals surface area (Å²) in [5, 5.41) is 9.64. The van der Waals surface area contributed by atoms with Gasteiger partial charge in [0, 0.05) is 22.3 Å². The molecule has 1 heterocycles. The van der Waals surface area contributed by atoms with Gasteiger partial charge in [-0.25, -0.2) is 13.1 Å². The van der Waals surface area contributed by atoms with Gasteiger partial charge in [0.05, 0.1) is 7.11 Å². The van der Waals surface area contributed by atoms with Crippen LogP contribution in [-0.2, 0) is 22.3 Å². The summed E-state index contributed by atoms with van der Waals surface area (Å²) < 4.78 is 35.1. The summed E-state index contributed by atoms with van der Waals surface area (Å²) in [6.07, 6.45) is 0. The van der Waals surface area contributed by atoms with Gasteiger partial charge in [0.15, 0.2) is 5.16 Å². The molecule has 0 unspecified atom stereocenters. The van der Waals surface area contributed by atoms with E-state index < -0.39 is 10.0 Å².